The van der Waals surface area contributed by atoms with E-state index in [1.807, 2.05) is 0 Å². The smallest absolute Gasteiger partial charge is 0.206 e. The van der Waals surface area contributed by atoms with Gasteiger partial charge in [-0.3, -0.25) is 5.43 Å². The Balaban J connectivity index is 2.52. The van der Waals surface area contributed by atoms with Crippen LogP contribution in [0.5, 0.6) is 0 Å². The Hall–Kier alpha value is -1.66. The van der Waals surface area contributed by atoms with Crippen molar-refractivity contribution in [1.29, 1.82) is 0 Å². The maximum absolute atomic E-state index is 13.3. The SMILES string of the molecule is COCCNC(=NCc1ccccc1F)NN. The second-order valence-electron chi connectivity index (χ2n) is 3.32. The Morgan fingerprint density at radius 1 is 1.47 bits per heavy atom. The summed E-state index contributed by atoms with van der Waals surface area (Å²) < 4.78 is 18.2. The zero-order chi connectivity index (χ0) is 12.5. The molecule has 94 valence electrons. The summed E-state index contributed by atoms with van der Waals surface area (Å²) in [6.07, 6.45) is 0. The Morgan fingerprint density at radius 2 is 2.24 bits per heavy atom. The van der Waals surface area contributed by atoms with Crippen LogP contribution in [0.4, 0.5) is 4.39 Å². The van der Waals surface area contributed by atoms with Gasteiger partial charge in [-0.05, 0) is 6.07 Å². The number of rotatable bonds is 5. The summed E-state index contributed by atoms with van der Waals surface area (Å²) >= 11 is 0. The van der Waals surface area contributed by atoms with E-state index in [1.165, 1.54) is 6.07 Å². The minimum absolute atomic E-state index is 0.228. The van der Waals surface area contributed by atoms with E-state index in [0.717, 1.165) is 0 Å². The van der Waals surface area contributed by atoms with Crippen molar-refractivity contribution in [2.24, 2.45) is 10.8 Å². The number of ether oxygens (including phenoxy) is 1. The molecule has 0 radical (unpaired) electrons. The molecule has 1 aromatic rings. The number of nitrogens with one attached hydrogen (secondary N) is 2. The number of halogens is 1. The number of aliphatic imine (C=N–C) groups is 1. The highest BCUT2D eigenvalue weighted by atomic mass is 19.1. The molecule has 0 amide bonds. The van der Waals surface area contributed by atoms with Crippen molar-refractivity contribution in [2.45, 2.75) is 6.54 Å². The standard InChI is InChI=1S/C11H17FN4O/c1-17-7-6-14-11(16-13)15-8-9-4-2-3-5-10(9)12/h2-5H,6-8,13H2,1H3,(H2,14,15,16). The lowest BCUT2D eigenvalue weighted by molar-refractivity contribution is 0.203. The monoisotopic (exact) mass is 240 g/mol. The normalized spacial score (nSPS) is 11.4. The Labute approximate surface area is 99.8 Å². The molecule has 0 aliphatic carbocycles. The van der Waals surface area contributed by atoms with Gasteiger partial charge in [0.05, 0.1) is 13.2 Å². The summed E-state index contributed by atoms with van der Waals surface area (Å²) in [5.74, 6) is 5.41. The van der Waals surface area contributed by atoms with E-state index in [1.54, 1.807) is 25.3 Å². The number of nitrogens with zero attached hydrogens (tertiary/aromatic N) is 1. The van der Waals surface area contributed by atoms with Gasteiger partial charge in [-0.25, -0.2) is 15.2 Å². The molecule has 0 aliphatic heterocycles. The van der Waals surface area contributed by atoms with E-state index >= 15 is 0 Å². The Bertz CT molecular complexity index is 370. The van der Waals surface area contributed by atoms with Gasteiger partial charge in [0.1, 0.15) is 5.82 Å². The van der Waals surface area contributed by atoms with Crippen molar-refractivity contribution in [3.05, 3.63) is 35.6 Å². The van der Waals surface area contributed by atoms with Gasteiger partial charge in [0.15, 0.2) is 0 Å². The first-order valence-corrected chi connectivity index (χ1v) is 5.25. The molecular weight excluding hydrogens is 223 g/mol. The van der Waals surface area contributed by atoms with Crippen molar-refractivity contribution < 1.29 is 9.13 Å². The second kappa shape index (κ2) is 7.59. The number of nitrogens with two attached hydrogens (primary N) is 1. The fourth-order valence-corrected chi connectivity index (χ4v) is 1.21. The predicted octanol–water partition coefficient (Wildman–Crippen LogP) is 0.381. The van der Waals surface area contributed by atoms with Gasteiger partial charge in [0, 0.05) is 19.2 Å². The summed E-state index contributed by atoms with van der Waals surface area (Å²) in [6, 6.07) is 6.49. The van der Waals surface area contributed by atoms with E-state index in [-0.39, 0.29) is 12.4 Å². The Kier molecular flexibility index (Phi) is 5.98. The minimum Gasteiger partial charge on any atom is -0.383 e. The van der Waals surface area contributed by atoms with Crippen molar-refractivity contribution in [3.63, 3.8) is 0 Å². The van der Waals surface area contributed by atoms with Crippen molar-refractivity contribution in [3.8, 4) is 0 Å². The summed E-state index contributed by atoms with van der Waals surface area (Å²) in [4.78, 5) is 4.12. The molecular formula is C11H17FN4O. The van der Waals surface area contributed by atoms with E-state index in [9.17, 15) is 4.39 Å². The average molecular weight is 240 g/mol. The van der Waals surface area contributed by atoms with Crippen LogP contribution >= 0.6 is 0 Å². The summed E-state index contributed by atoms with van der Waals surface area (Å²) in [7, 11) is 1.60. The van der Waals surface area contributed by atoms with Crippen LogP contribution < -0.4 is 16.6 Å². The predicted molar refractivity (Wildman–Crippen MR) is 64.7 cm³/mol. The molecule has 0 bridgehead atoms. The Morgan fingerprint density at radius 3 is 2.88 bits per heavy atom. The largest absolute Gasteiger partial charge is 0.383 e. The van der Waals surface area contributed by atoms with E-state index in [2.05, 4.69) is 15.7 Å². The van der Waals surface area contributed by atoms with Crippen molar-refractivity contribution >= 4 is 5.96 Å². The number of guanidine groups is 1. The molecule has 0 aromatic heterocycles. The molecule has 0 saturated carbocycles. The molecule has 6 heteroatoms. The summed E-state index contributed by atoms with van der Waals surface area (Å²) in [5.41, 5.74) is 2.93. The third-order valence-electron chi connectivity index (χ3n) is 2.10. The first-order chi connectivity index (χ1) is 8.27. The zero-order valence-corrected chi connectivity index (χ0v) is 9.74. The highest BCUT2D eigenvalue weighted by Gasteiger charge is 2.00. The van der Waals surface area contributed by atoms with Gasteiger partial charge < -0.3 is 10.1 Å². The number of hydrogen-bond donors (Lipinski definition) is 3. The fraction of sp³-hybridized carbons (Fsp3) is 0.364. The summed E-state index contributed by atoms with van der Waals surface area (Å²) in [6.45, 7) is 1.35. The van der Waals surface area contributed by atoms with Crippen LogP contribution in [-0.2, 0) is 11.3 Å². The summed E-state index contributed by atoms with van der Waals surface area (Å²) in [5, 5.41) is 2.93. The molecule has 0 unspecified atom stereocenters. The molecule has 1 aromatic carbocycles. The van der Waals surface area contributed by atoms with Crippen LogP contribution in [0.1, 0.15) is 5.56 Å². The average Bonchev–Trinajstić information content (AvgIpc) is 2.35. The minimum atomic E-state index is -0.274. The van der Waals surface area contributed by atoms with Crippen LogP contribution in [0.25, 0.3) is 0 Å². The van der Waals surface area contributed by atoms with Gasteiger partial charge in [0.2, 0.25) is 5.96 Å². The maximum Gasteiger partial charge on any atom is 0.206 e. The highest BCUT2D eigenvalue weighted by molar-refractivity contribution is 5.79. The number of benzene rings is 1. The van der Waals surface area contributed by atoms with Crippen molar-refractivity contribution in [1.82, 2.24) is 10.7 Å². The van der Waals surface area contributed by atoms with Gasteiger partial charge in [-0.15, -0.1) is 0 Å². The quantitative estimate of drug-likeness (QED) is 0.229. The lowest BCUT2D eigenvalue weighted by Gasteiger charge is -2.08. The first kappa shape index (κ1) is 13.4. The van der Waals surface area contributed by atoms with Gasteiger partial charge in [-0.2, -0.15) is 0 Å². The van der Waals surface area contributed by atoms with Crippen LogP contribution in [0.15, 0.2) is 29.3 Å². The topological polar surface area (TPSA) is 71.7 Å². The second-order valence-corrected chi connectivity index (χ2v) is 3.32. The molecule has 0 atom stereocenters. The molecule has 5 nitrogen and oxygen atoms in total. The van der Waals surface area contributed by atoms with Crippen LogP contribution in [0, 0.1) is 5.82 Å². The molecule has 4 N–H and O–H groups in total. The van der Waals surface area contributed by atoms with Gasteiger partial charge >= 0.3 is 0 Å². The van der Waals surface area contributed by atoms with E-state index in [0.29, 0.717) is 24.7 Å². The lowest BCUT2D eigenvalue weighted by Crippen LogP contribution is -2.42. The van der Waals surface area contributed by atoms with Crippen LogP contribution in [0.3, 0.4) is 0 Å². The molecule has 0 aliphatic rings. The lowest BCUT2D eigenvalue weighted by atomic mass is 10.2. The number of hydrazine groups is 1. The van der Waals surface area contributed by atoms with Gasteiger partial charge in [0.25, 0.3) is 0 Å². The molecule has 1 rings (SSSR count). The maximum atomic E-state index is 13.3. The zero-order valence-electron chi connectivity index (χ0n) is 9.74. The molecule has 0 fully saturated rings. The third kappa shape index (κ3) is 4.80. The van der Waals surface area contributed by atoms with Crippen molar-refractivity contribution in [2.75, 3.05) is 20.3 Å². The fourth-order valence-electron chi connectivity index (χ4n) is 1.21. The molecule has 0 saturated heterocycles. The number of hydrogen-bond acceptors (Lipinski definition) is 3. The first-order valence-electron chi connectivity index (χ1n) is 5.25. The highest BCUT2D eigenvalue weighted by Crippen LogP contribution is 2.06. The van der Waals surface area contributed by atoms with Gasteiger partial charge in [-0.1, -0.05) is 18.2 Å². The molecule has 17 heavy (non-hydrogen) atoms. The molecule has 0 spiro atoms. The molecule has 0 heterocycles. The van der Waals surface area contributed by atoms with E-state index < -0.39 is 0 Å². The van der Waals surface area contributed by atoms with Crippen LogP contribution in [0.2, 0.25) is 0 Å². The number of methoxy groups -OCH3 is 1. The third-order valence-corrected chi connectivity index (χ3v) is 2.10. The van der Waals surface area contributed by atoms with E-state index in [4.69, 9.17) is 10.6 Å². The van der Waals surface area contributed by atoms with Crippen LogP contribution in [-0.4, -0.2) is 26.2 Å².